The lowest BCUT2D eigenvalue weighted by Gasteiger charge is -2.53. The van der Waals surface area contributed by atoms with Crippen molar-refractivity contribution in [3.05, 3.63) is 114 Å². The number of ether oxygens (including phenoxy) is 5. The number of methoxy groups -OCH3 is 3. The van der Waals surface area contributed by atoms with Crippen LogP contribution in [0.4, 0.5) is 5.69 Å². The Balaban J connectivity index is 1.42. The molecule has 0 aromatic heterocycles. The number of Topliss-reactive ketones (excluding diaryl/α,β-unsaturated/α-hetero) is 1. The second-order valence-corrected chi connectivity index (χ2v) is 11.8. The first-order valence-corrected chi connectivity index (χ1v) is 15.3. The van der Waals surface area contributed by atoms with Gasteiger partial charge in [-0.1, -0.05) is 42.5 Å². The molecule has 1 amide bonds. The van der Waals surface area contributed by atoms with Gasteiger partial charge >= 0.3 is 5.97 Å². The molecule has 7 rings (SSSR count). The molecule has 3 heterocycles. The fourth-order valence-electron chi connectivity index (χ4n) is 7.34. The number of hydrogen-bond donors (Lipinski definition) is 1. The maximum absolute atomic E-state index is 15.1. The fourth-order valence-corrected chi connectivity index (χ4v) is 7.34. The molecule has 0 aliphatic carbocycles. The molecule has 3 aliphatic rings. The molecule has 0 radical (unpaired) electrons. The Morgan fingerprint density at radius 3 is 2.11 bits per heavy atom. The number of para-hydroxylation sites is 2. The van der Waals surface area contributed by atoms with Gasteiger partial charge in [-0.05, 0) is 66.2 Å². The lowest BCUT2D eigenvalue weighted by molar-refractivity contribution is -0.143. The van der Waals surface area contributed by atoms with E-state index in [1.807, 2.05) is 36.4 Å². The van der Waals surface area contributed by atoms with E-state index in [4.69, 9.17) is 23.7 Å². The van der Waals surface area contributed by atoms with Crippen LogP contribution in [0.15, 0.2) is 103 Å². The van der Waals surface area contributed by atoms with Crippen molar-refractivity contribution in [3.8, 4) is 23.0 Å². The number of β-lactam (4-membered cyclic amide) rings is 1. The number of carbonyl (C=O) groups is 3. The number of amides is 1. The van der Waals surface area contributed by atoms with E-state index in [1.54, 1.807) is 85.8 Å². The molecule has 47 heavy (non-hydrogen) atoms. The van der Waals surface area contributed by atoms with Crippen LogP contribution in [0.25, 0.3) is 0 Å². The van der Waals surface area contributed by atoms with Gasteiger partial charge in [0.25, 0.3) is 5.91 Å². The lowest BCUT2D eigenvalue weighted by Crippen LogP contribution is -2.76. The highest BCUT2D eigenvalue weighted by Crippen LogP contribution is 2.55. The topological polar surface area (TPSA) is 113 Å². The number of carbonyl (C=O) groups excluding carboxylic acids is 3. The van der Waals surface area contributed by atoms with Crippen molar-refractivity contribution in [2.75, 3.05) is 32.8 Å². The minimum atomic E-state index is -1.36. The summed E-state index contributed by atoms with van der Waals surface area (Å²) in [4.78, 5) is 44.4. The van der Waals surface area contributed by atoms with Crippen LogP contribution in [0, 0.1) is 5.41 Å². The second-order valence-electron chi connectivity index (χ2n) is 11.8. The number of anilines is 1. The van der Waals surface area contributed by atoms with E-state index in [-0.39, 0.29) is 18.3 Å². The van der Waals surface area contributed by atoms with Gasteiger partial charge in [-0.25, -0.2) is 0 Å². The second kappa shape index (κ2) is 12.1. The van der Waals surface area contributed by atoms with Crippen LogP contribution in [0.2, 0.25) is 0 Å². The summed E-state index contributed by atoms with van der Waals surface area (Å²) in [5.74, 6) is 0.464. The number of rotatable bonds is 8. The maximum atomic E-state index is 15.1. The summed E-state index contributed by atoms with van der Waals surface area (Å²) in [6.45, 7) is -0.0517. The van der Waals surface area contributed by atoms with Gasteiger partial charge in [0.2, 0.25) is 0 Å². The Bertz CT molecular complexity index is 1800. The highest BCUT2D eigenvalue weighted by molar-refractivity contribution is 6.09. The van der Waals surface area contributed by atoms with Gasteiger partial charge < -0.3 is 28.6 Å². The van der Waals surface area contributed by atoms with Gasteiger partial charge in [0, 0.05) is 17.6 Å². The Labute approximate surface area is 272 Å². The number of hydrogen-bond acceptors (Lipinski definition) is 9. The molecule has 1 N–H and O–H groups in total. The molecule has 2 fully saturated rings. The van der Waals surface area contributed by atoms with E-state index in [9.17, 15) is 9.59 Å². The Morgan fingerprint density at radius 2 is 1.45 bits per heavy atom. The van der Waals surface area contributed by atoms with Crippen LogP contribution in [-0.4, -0.2) is 69.8 Å². The predicted octanol–water partition coefficient (Wildman–Crippen LogP) is 4.43. The molecule has 0 saturated carbocycles. The van der Waals surface area contributed by atoms with Gasteiger partial charge in [-0.2, -0.15) is 0 Å². The number of benzene rings is 4. The summed E-state index contributed by atoms with van der Waals surface area (Å²) in [7, 11) is 4.47. The molecule has 10 heteroatoms. The molecular weight excluding hydrogens is 600 g/mol. The smallest absolute Gasteiger partial charge is 0.323 e. The summed E-state index contributed by atoms with van der Waals surface area (Å²) in [6.07, 6.45) is -0.980. The SMILES string of the molecule is COC(=O)[C@@H]1N[C@H]([C@H]2[C@H](Oc3ccccc3)C(=O)N2c2ccc(OC)cc2)[C@@]2(COc3ccccc3C2=O)[C@H]1c1ccc(OC)cc1. The van der Waals surface area contributed by atoms with Crippen molar-refractivity contribution in [2.24, 2.45) is 5.41 Å². The van der Waals surface area contributed by atoms with E-state index >= 15 is 4.79 Å². The zero-order valence-electron chi connectivity index (χ0n) is 26.1. The Morgan fingerprint density at radius 1 is 0.809 bits per heavy atom. The first kappa shape index (κ1) is 30.3. The summed E-state index contributed by atoms with van der Waals surface area (Å²) >= 11 is 0. The van der Waals surface area contributed by atoms with E-state index in [2.05, 4.69) is 5.32 Å². The predicted molar refractivity (Wildman–Crippen MR) is 172 cm³/mol. The molecule has 3 aliphatic heterocycles. The average Bonchev–Trinajstić information content (AvgIpc) is 3.45. The minimum Gasteiger partial charge on any atom is -0.497 e. The molecule has 10 nitrogen and oxygen atoms in total. The molecule has 240 valence electrons. The van der Waals surface area contributed by atoms with E-state index in [1.165, 1.54) is 7.11 Å². The first-order valence-electron chi connectivity index (χ1n) is 15.3. The summed E-state index contributed by atoms with van der Waals surface area (Å²) in [6, 6.07) is 28.1. The van der Waals surface area contributed by atoms with Crippen LogP contribution in [0.5, 0.6) is 23.0 Å². The normalized spacial score (nSPS) is 26.2. The van der Waals surface area contributed by atoms with Crippen LogP contribution in [0.3, 0.4) is 0 Å². The van der Waals surface area contributed by atoms with Gasteiger partial charge in [0.1, 0.15) is 35.6 Å². The maximum Gasteiger partial charge on any atom is 0.323 e. The first-order chi connectivity index (χ1) is 22.9. The third-order valence-corrected chi connectivity index (χ3v) is 9.54. The Hall–Kier alpha value is -5.35. The monoisotopic (exact) mass is 634 g/mol. The Kier molecular flexibility index (Phi) is 7.81. The van der Waals surface area contributed by atoms with Crippen molar-refractivity contribution >= 4 is 23.3 Å². The highest BCUT2D eigenvalue weighted by Gasteiger charge is 2.70. The van der Waals surface area contributed by atoms with Gasteiger partial charge in [-0.3, -0.25) is 19.7 Å². The molecular formula is C37H34N2O8. The van der Waals surface area contributed by atoms with Crippen LogP contribution >= 0.6 is 0 Å². The molecule has 6 atom stereocenters. The molecule has 0 bridgehead atoms. The van der Waals surface area contributed by atoms with Gasteiger partial charge in [0.05, 0.1) is 38.3 Å². The largest absolute Gasteiger partial charge is 0.497 e. The lowest BCUT2D eigenvalue weighted by atomic mass is 9.61. The van der Waals surface area contributed by atoms with Gasteiger partial charge in [0.15, 0.2) is 11.9 Å². The zero-order valence-corrected chi connectivity index (χ0v) is 26.1. The molecule has 4 aromatic rings. The molecule has 2 saturated heterocycles. The average molecular weight is 635 g/mol. The van der Waals surface area contributed by atoms with Crippen LogP contribution in [0.1, 0.15) is 21.8 Å². The van der Waals surface area contributed by atoms with E-state index in [0.717, 1.165) is 5.56 Å². The number of nitrogens with zero attached hydrogens (tertiary/aromatic N) is 1. The zero-order chi connectivity index (χ0) is 32.7. The summed E-state index contributed by atoms with van der Waals surface area (Å²) < 4.78 is 28.9. The van der Waals surface area contributed by atoms with Gasteiger partial charge in [-0.15, -0.1) is 0 Å². The third-order valence-electron chi connectivity index (χ3n) is 9.54. The van der Waals surface area contributed by atoms with Crippen molar-refractivity contribution in [3.63, 3.8) is 0 Å². The van der Waals surface area contributed by atoms with E-state index in [0.29, 0.717) is 34.2 Å². The molecule has 4 aromatic carbocycles. The van der Waals surface area contributed by atoms with Crippen molar-refractivity contribution in [1.82, 2.24) is 5.32 Å². The number of fused-ring (bicyclic) bond motifs is 1. The van der Waals surface area contributed by atoms with Crippen molar-refractivity contribution < 1.29 is 38.1 Å². The molecule has 1 spiro atoms. The van der Waals surface area contributed by atoms with Crippen molar-refractivity contribution in [2.45, 2.75) is 30.1 Å². The summed E-state index contributed by atoms with van der Waals surface area (Å²) in [5.41, 5.74) is 0.347. The number of nitrogens with one attached hydrogen (secondary N) is 1. The van der Waals surface area contributed by atoms with Crippen LogP contribution in [-0.2, 0) is 14.3 Å². The minimum absolute atomic E-state index is 0.0517. The van der Waals surface area contributed by atoms with Crippen LogP contribution < -0.4 is 29.2 Å². The van der Waals surface area contributed by atoms with E-state index < -0.39 is 41.5 Å². The standard InChI is InChI=1S/C37H34N2O8/c1-43-24-17-13-22(14-18-24)29-30(36(42)45-3)38-33(37(29)21-46-28-12-8-7-11-27(28)34(37)40)31-32(47-26-9-5-4-6-10-26)35(41)39(31)23-15-19-25(44-2)20-16-23/h4-20,29-33,38H,21H2,1-3H3/t29-,30+,31+,32-,33+,37+/m0/s1. The quantitative estimate of drug-likeness (QED) is 0.222. The fraction of sp³-hybridized carbons (Fsp3) is 0.270. The highest BCUT2D eigenvalue weighted by atomic mass is 16.5. The summed E-state index contributed by atoms with van der Waals surface area (Å²) in [5, 5.41) is 3.50. The van der Waals surface area contributed by atoms with Crippen molar-refractivity contribution in [1.29, 1.82) is 0 Å². The number of esters is 1. The molecule has 0 unspecified atom stereocenters. The number of ketones is 1. The third kappa shape index (κ3) is 4.87.